The number of aliphatic hydroxyl groups is 2. The summed E-state index contributed by atoms with van der Waals surface area (Å²) in [7, 11) is 0. The number of rotatable bonds is 16. The topological polar surface area (TPSA) is 79.1 Å². The lowest BCUT2D eigenvalue weighted by atomic mass is 9.44. The van der Waals surface area contributed by atoms with E-state index in [-0.39, 0.29) is 17.9 Å². The Labute approximate surface area is 209 Å². The highest BCUT2D eigenvalue weighted by Crippen LogP contribution is 2.61. The molecule has 3 aliphatic rings. The van der Waals surface area contributed by atoms with Gasteiger partial charge >= 0.3 is 5.97 Å². The summed E-state index contributed by atoms with van der Waals surface area (Å²) in [6.45, 7) is 12.9. The van der Waals surface area contributed by atoms with Crippen LogP contribution >= 0.6 is 0 Å². The quantitative estimate of drug-likeness (QED) is 0.196. The number of hydrogen-bond donors (Lipinski definition) is 2. The fraction of sp³-hybridized carbons (Fsp3) is 0.931. The van der Waals surface area contributed by atoms with Gasteiger partial charge in [0.1, 0.15) is 5.60 Å². The van der Waals surface area contributed by atoms with Crippen molar-refractivity contribution in [2.45, 2.75) is 143 Å². The highest BCUT2D eigenvalue weighted by Gasteiger charge is 2.61. The van der Waals surface area contributed by atoms with Crippen LogP contribution < -0.4 is 0 Å². The predicted octanol–water partition coefficient (Wildman–Crippen LogP) is 6.48. The fourth-order valence-electron chi connectivity index (χ4n) is 6.13. The summed E-state index contributed by atoms with van der Waals surface area (Å²) in [5, 5.41) is 22.1. The van der Waals surface area contributed by atoms with Crippen molar-refractivity contribution < 1.29 is 19.7 Å². The largest absolute Gasteiger partial charge is 0.464 e. The van der Waals surface area contributed by atoms with Crippen molar-refractivity contribution in [3.05, 3.63) is 0 Å². The van der Waals surface area contributed by atoms with Crippen molar-refractivity contribution >= 4 is 11.7 Å². The summed E-state index contributed by atoms with van der Waals surface area (Å²) in [5.41, 5.74) is -0.273. The molecule has 0 unspecified atom stereocenters. The molecule has 0 aromatic rings. The van der Waals surface area contributed by atoms with Gasteiger partial charge in [0, 0.05) is 5.71 Å². The van der Waals surface area contributed by atoms with Crippen molar-refractivity contribution in [1.29, 1.82) is 0 Å². The molecular formula is C29H53NO4. The molecule has 2 bridgehead atoms. The standard InChI is InChI=1S/C29H53NO4/c1-7-34-27(32)26(30-25-20-22-19-24(28(22,4)5)29(25,6)33)23(31)18-16-14-12-10-8-9-11-13-15-17-21(2)3/h21-24,26,31,33H,7-20H2,1-6H3/t22-,23-,24-,26-,29-/m1/s1. The zero-order valence-electron chi connectivity index (χ0n) is 22.9. The number of carbonyl (C=O) groups excluding carboxylic acids is 1. The van der Waals surface area contributed by atoms with Crippen LogP contribution in [0.4, 0.5) is 0 Å². The SMILES string of the molecule is CCOC(=O)[C@H](N=C1C[C@H]2C[C@H](C2(C)C)[C@@]1(C)O)[C@H](O)CCCCCCCCCCCC(C)C. The molecule has 3 rings (SSSR count). The summed E-state index contributed by atoms with van der Waals surface area (Å²) >= 11 is 0. The molecule has 5 nitrogen and oxygen atoms in total. The van der Waals surface area contributed by atoms with Crippen molar-refractivity contribution in [1.82, 2.24) is 0 Å². The Morgan fingerprint density at radius 2 is 1.53 bits per heavy atom. The zero-order valence-corrected chi connectivity index (χ0v) is 22.9. The number of fused-ring (bicyclic) bond motifs is 2. The van der Waals surface area contributed by atoms with Crippen molar-refractivity contribution in [2.75, 3.05) is 6.61 Å². The maximum Gasteiger partial charge on any atom is 0.333 e. The Balaban J connectivity index is 1.77. The number of aliphatic hydroxyl groups excluding tert-OH is 1. The third kappa shape index (κ3) is 7.78. The van der Waals surface area contributed by atoms with Gasteiger partial charge in [-0.25, -0.2) is 4.79 Å². The number of nitrogens with zero attached hydrogens (tertiary/aromatic N) is 1. The molecule has 2 N–H and O–H groups in total. The van der Waals surface area contributed by atoms with Gasteiger partial charge in [-0.2, -0.15) is 0 Å². The molecule has 0 aliphatic heterocycles. The molecule has 0 heterocycles. The normalized spacial score (nSPS) is 28.6. The van der Waals surface area contributed by atoms with Crippen LogP contribution in [-0.4, -0.2) is 46.2 Å². The van der Waals surface area contributed by atoms with Gasteiger partial charge in [0.05, 0.1) is 12.7 Å². The van der Waals surface area contributed by atoms with Crippen LogP contribution in [0.25, 0.3) is 0 Å². The number of hydrogen-bond acceptors (Lipinski definition) is 5. The average Bonchev–Trinajstić information content (AvgIpc) is 2.75. The van der Waals surface area contributed by atoms with Crippen molar-refractivity contribution in [3.63, 3.8) is 0 Å². The van der Waals surface area contributed by atoms with Crippen LogP contribution in [-0.2, 0) is 9.53 Å². The van der Waals surface area contributed by atoms with E-state index in [4.69, 9.17) is 4.74 Å². The molecule has 3 aliphatic carbocycles. The lowest BCUT2D eigenvalue weighted by molar-refractivity contribution is -0.148. The zero-order chi connectivity index (χ0) is 25.4. The van der Waals surface area contributed by atoms with Crippen LogP contribution in [0.15, 0.2) is 4.99 Å². The third-order valence-electron chi connectivity index (χ3n) is 8.64. The molecule has 0 aromatic heterocycles. The van der Waals surface area contributed by atoms with Gasteiger partial charge < -0.3 is 14.9 Å². The Morgan fingerprint density at radius 1 is 1.00 bits per heavy atom. The minimum absolute atomic E-state index is 0.0919. The van der Waals surface area contributed by atoms with E-state index in [2.05, 4.69) is 32.7 Å². The summed E-state index contributed by atoms with van der Waals surface area (Å²) in [4.78, 5) is 17.3. The molecule has 198 valence electrons. The Bertz CT molecular complexity index is 655. The third-order valence-corrected chi connectivity index (χ3v) is 8.64. The van der Waals surface area contributed by atoms with Gasteiger partial charge in [0.15, 0.2) is 6.04 Å². The highest BCUT2D eigenvalue weighted by molar-refractivity contribution is 5.96. The van der Waals surface area contributed by atoms with Gasteiger partial charge in [-0.05, 0) is 56.3 Å². The first-order chi connectivity index (χ1) is 16.0. The Kier molecular flexibility index (Phi) is 11.5. The van der Waals surface area contributed by atoms with Crippen molar-refractivity contribution in [3.8, 4) is 0 Å². The first kappa shape index (κ1) is 29.3. The highest BCUT2D eigenvalue weighted by atomic mass is 16.5. The molecule has 5 atom stereocenters. The van der Waals surface area contributed by atoms with E-state index in [1.807, 2.05) is 6.92 Å². The average molecular weight is 480 g/mol. The lowest BCUT2D eigenvalue weighted by Gasteiger charge is -2.62. The minimum Gasteiger partial charge on any atom is -0.464 e. The molecule has 0 saturated heterocycles. The maximum absolute atomic E-state index is 12.6. The Hall–Kier alpha value is -0.940. The second-order valence-corrected chi connectivity index (χ2v) is 12.2. The molecule has 34 heavy (non-hydrogen) atoms. The number of ether oxygens (including phenoxy) is 1. The molecular weight excluding hydrogens is 426 g/mol. The number of unbranched alkanes of at least 4 members (excludes halogenated alkanes) is 8. The van der Waals surface area contributed by atoms with E-state index < -0.39 is 23.7 Å². The first-order valence-corrected chi connectivity index (χ1v) is 14.2. The Morgan fingerprint density at radius 3 is 2.00 bits per heavy atom. The summed E-state index contributed by atoms with van der Waals surface area (Å²) < 4.78 is 5.24. The van der Waals surface area contributed by atoms with E-state index in [0.29, 0.717) is 24.5 Å². The fourth-order valence-corrected chi connectivity index (χ4v) is 6.13. The predicted molar refractivity (Wildman–Crippen MR) is 140 cm³/mol. The van der Waals surface area contributed by atoms with Crippen LogP contribution in [0.3, 0.4) is 0 Å². The maximum atomic E-state index is 12.6. The molecule has 5 heteroatoms. The van der Waals surface area contributed by atoms with Gasteiger partial charge in [0.2, 0.25) is 0 Å². The van der Waals surface area contributed by atoms with E-state index in [1.54, 1.807) is 6.92 Å². The monoisotopic (exact) mass is 479 g/mol. The number of esters is 1. The van der Waals surface area contributed by atoms with Crippen molar-refractivity contribution in [2.24, 2.45) is 28.2 Å². The second-order valence-electron chi connectivity index (χ2n) is 12.2. The van der Waals surface area contributed by atoms with Crippen LogP contribution in [0.2, 0.25) is 0 Å². The molecule has 0 amide bonds. The van der Waals surface area contributed by atoms with E-state index in [9.17, 15) is 15.0 Å². The second kappa shape index (κ2) is 13.4. The van der Waals surface area contributed by atoms with Crippen LogP contribution in [0.1, 0.15) is 125 Å². The molecule has 0 aromatic carbocycles. The summed E-state index contributed by atoms with van der Waals surface area (Å²) in [6.07, 6.45) is 13.7. The molecule has 3 saturated carbocycles. The van der Waals surface area contributed by atoms with Crippen LogP contribution in [0, 0.1) is 23.2 Å². The van der Waals surface area contributed by atoms with E-state index >= 15 is 0 Å². The van der Waals surface area contributed by atoms with Gasteiger partial charge in [0.25, 0.3) is 0 Å². The van der Waals surface area contributed by atoms with E-state index in [1.165, 1.54) is 51.4 Å². The first-order valence-electron chi connectivity index (χ1n) is 14.2. The lowest BCUT2D eigenvalue weighted by Crippen LogP contribution is -2.65. The van der Waals surface area contributed by atoms with Crippen LogP contribution in [0.5, 0.6) is 0 Å². The van der Waals surface area contributed by atoms with Gasteiger partial charge in [-0.15, -0.1) is 0 Å². The van der Waals surface area contributed by atoms with Gasteiger partial charge in [-0.1, -0.05) is 91.9 Å². The van der Waals surface area contributed by atoms with Gasteiger partial charge in [-0.3, -0.25) is 4.99 Å². The number of carbonyl (C=O) groups is 1. The number of aliphatic imine (C=N–C) groups is 1. The molecule has 3 fully saturated rings. The molecule has 0 spiro atoms. The minimum atomic E-state index is -1.03. The smallest absolute Gasteiger partial charge is 0.333 e. The van der Waals surface area contributed by atoms with E-state index in [0.717, 1.165) is 25.2 Å². The summed E-state index contributed by atoms with van der Waals surface area (Å²) in [5.74, 6) is 0.965. The summed E-state index contributed by atoms with van der Waals surface area (Å²) in [6, 6.07) is -0.937. The molecule has 0 radical (unpaired) electrons.